The van der Waals surface area contributed by atoms with Crippen molar-refractivity contribution >= 4 is 50.5 Å². The highest BCUT2D eigenvalue weighted by Crippen LogP contribution is 2.31. The van der Waals surface area contributed by atoms with Crippen molar-refractivity contribution in [3.63, 3.8) is 0 Å². The minimum absolute atomic E-state index is 0.543. The number of aryl methyl sites for hydroxylation is 1. The first-order chi connectivity index (χ1) is 13.2. The third kappa shape index (κ3) is 3.34. The number of ether oxygens (including phenoxy) is 1. The van der Waals surface area contributed by atoms with Crippen LogP contribution in [0.15, 0.2) is 66.7 Å². The van der Waals surface area contributed by atoms with Gasteiger partial charge in [0.05, 0.1) is 7.11 Å². The van der Waals surface area contributed by atoms with Crippen LogP contribution >= 0.6 is 12.2 Å². The summed E-state index contributed by atoms with van der Waals surface area (Å²) in [5.74, 6) is 0.789. The molecule has 3 aromatic carbocycles. The molecule has 136 valence electrons. The Kier molecular flexibility index (Phi) is 4.69. The van der Waals surface area contributed by atoms with Crippen LogP contribution in [0, 0.1) is 0 Å². The van der Waals surface area contributed by atoms with Gasteiger partial charge in [-0.05, 0) is 55.5 Å². The van der Waals surface area contributed by atoms with E-state index < -0.39 is 0 Å². The zero-order valence-corrected chi connectivity index (χ0v) is 16.1. The maximum atomic E-state index is 5.48. The molecular formula is C22H21N3OS. The minimum Gasteiger partial charge on any atom is -0.497 e. The number of benzene rings is 3. The molecule has 0 aliphatic carbocycles. The summed E-state index contributed by atoms with van der Waals surface area (Å²) in [5.41, 5.74) is 4.33. The van der Waals surface area contributed by atoms with Crippen molar-refractivity contribution in [2.24, 2.45) is 0 Å². The van der Waals surface area contributed by atoms with Crippen LogP contribution in [0.5, 0.6) is 5.75 Å². The summed E-state index contributed by atoms with van der Waals surface area (Å²) in [6, 6.07) is 22.6. The second kappa shape index (κ2) is 7.29. The van der Waals surface area contributed by atoms with Gasteiger partial charge in [0.1, 0.15) is 5.75 Å². The molecule has 4 rings (SSSR count). The van der Waals surface area contributed by atoms with Crippen LogP contribution in [-0.4, -0.2) is 16.8 Å². The van der Waals surface area contributed by atoms with Crippen molar-refractivity contribution in [3.8, 4) is 5.75 Å². The molecule has 0 bridgehead atoms. The SMILES string of the molecule is CCn1c2ccccc2c2cc(NC(=S)Nc3cccc(OC)c3)ccc21. The van der Waals surface area contributed by atoms with E-state index in [0.29, 0.717) is 5.11 Å². The monoisotopic (exact) mass is 375 g/mol. The van der Waals surface area contributed by atoms with Crippen LogP contribution in [-0.2, 0) is 6.54 Å². The summed E-state index contributed by atoms with van der Waals surface area (Å²) in [4.78, 5) is 0. The minimum atomic E-state index is 0.543. The maximum absolute atomic E-state index is 5.48. The Labute approximate surface area is 163 Å². The fourth-order valence-corrected chi connectivity index (χ4v) is 3.70. The molecule has 0 atom stereocenters. The molecule has 0 aliphatic heterocycles. The number of methoxy groups -OCH3 is 1. The van der Waals surface area contributed by atoms with Gasteiger partial charge in [-0.3, -0.25) is 0 Å². The number of rotatable bonds is 4. The Morgan fingerprint density at radius 1 is 0.889 bits per heavy atom. The van der Waals surface area contributed by atoms with E-state index in [1.54, 1.807) is 7.11 Å². The van der Waals surface area contributed by atoms with Gasteiger partial charge >= 0.3 is 0 Å². The summed E-state index contributed by atoms with van der Waals surface area (Å²) >= 11 is 5.48. The van der Waals surface area contributed by atoms with Crippen molar-refractivity contribution < 1.29 is 4.74 Å². The van der Waals surface area contributed by atoms with Crippen LogP contribution in [0.1, 0.15) is 6.92 Å². The van der Waals surface area contributed by atoms with Crippen LogP contribution in [0.3, 0.4) is 0 Å². The molecule has 0 radical (unpaired) electrons. The lowest BCUT2D eigenvalue weighted by molar-refractivity contribution is 0.415. The van der Waals surface area contributed by atoms with Crippen molar-refractivity contribution in [1.82, 2.24) is 4.57 Å². The Morgan fingerprint density at radius 3 is 2.41 bits per heavy atom. The van der Waals surface area contributed by atoms with Gasteiger partial charge in [-0.15, -0.1) is 0 Å². The number of thiocarbonyl (C=S) groups is 1. The second-order valence-corrected chi connectivity index (χ2v) is 6.71. The first kappa shape index (κ1) is 17.4. The number of anilines is 2. The Hall–Kier alpha value is -3.05. The van der Waals surface area contributed by atoms with Crippen molar-refractivity contribution in [3.05, 3.63) is 66.7 Å². The van der Waals surface area contributed by atoms with E-state index >= 15 is 0 Å². The van der Waals surface area contributed by atoms with E-state index in [1.807, 2.05) is 24.3 Å². The number of hydrogen-bond acceptors (Lipinski definition) is 2. The first-order valence-electron chi connectivity index (χ1n) is 8.92. The average Bonchev–Trinajstić information content (AvgIpc) is 3.01. The average molecular weight is 375 g/mol. The second-order valence-electron chi connectivity index (χ2n) is 6.30. The van der Waals surface area contributed by atoms with E-state index in [-0.39, 0.29) is 0 Å². The fourth-order valence-electron chi connectivity index (χ4n) is 3.47. The molecule has 0 amide bonds. The molecule has 4 nitrogen and oxygen atoms in total. The van der Waals surface area contributed by atoms with E-state index in [1.165, 1.54) is 21.8 Å². The molecule has 2 N–H and O–H groups in total. The Balaban J connectivity index is 1.62. The van der Waals surface area contributed by atoms with Gasteiger partial charge in [-0.25, -0.2) is 0 Å². The predicted molar refractivity (Wildman–Crippen MR) is 118 cm³/mol. The number of nitrogens with zero attached hydrogens (tertiary/aromatic N) is 1. The van der Waals surface area contributed by atoms with Crippen LogP contribution in [0.4, 0.5) is 11.4 Å². The lowest BCUT2D eigenvalue weighted by Gasteiger charge is -2.12. The molecule has 27 heavy (non-hydrogen) atoms. The highest BCUT2D eigenvalue weighted by atomic mass is 32.1. The molecule has 4 aromatic rings. The molecule has 5 heteroatoms. The normalized spacial score (nSPS) is 10.9. The molecular weight excluding hydrogens is 354 g/mol. The van der Waals surface area contributed by atoms with Gasteiger partial charge in [0.2, 0.25) is 0 Å². The molecule has 0 spiro atoms. The van der Waals surface area contributed by atoms with Gasteiger partial charge < -0.3 is 19.9 Å². The Morgan fingerprint density at radius 2 is 1.63 bits per heavy atom. The lowest BCUT2D eigenvalue weighted by Crippen LogP contribution is -2.18. The third-order valence-corrected chi connectivity index (χ3v) is 4.88. The lowest BCUT2D eigenvalue weighted by atomic mass is 10.1. The van der Waals surface area contributed by atoms with Gasteiger partial charge in [0.25, 0.3) is 0 Å². The van der Waals surface area contributed by atoms with Crippen LogP contribution < -0.4 is 15.4 Å². The standard InChI is InChI=1S/C22H21N3OS/c1-3-25-20-10-5-4-9-18(20)19-14-16(11-12-21(19)25)24-22(27)23-15-7-6-8-17(13-15)26-2/h4-14H,3H2,1-2H3,(H2,23,24,27). The zero-order chi connectivity index (χ0) is 18.8. The quantitative estimate of drug-likeness (QED) is 0.453. The fraction of sp³-hybridized carbons (Fsp3) is 0.136. The summed E-state index contributed by atoms with van der Waals surface area (Å²) in [6.07, 6.45) is 0. The molecule has 0 saturated heterocycles. The van der Waals surface area contributed by atoms with Crippen LogP contribution in [0.2, 0.25) is 0 Å². The summed E-state index contributed by atoms with van der Waals surface area (Å²) < 4.78 is 7.59. The van der Waals surface area contributed by atoms with Gasteiger partial charge in [-0.1, -0.05) is 24.3 Å². The molecule has 0 saturated carbocycles. The maximum Gasteiger partial charge on any atom is 0.175 e. The number of hydrogen-bond donors (Lipinski definition) is 2. The molecule has 1 heterocycles. The smallest absolute Gasteiger partial charge is 0.175 e. The number of para-hydroxylation sites is 1. The Bertz CT molecular complexity index is 1130. The molecule has 0 aliphatic rings. The summed E-state index contributed by atoms with van der Waals surface area (Å²) in [7, 11) is 1.65. The topological polar surface area (TPSA) is 38.2 Å². The third-order valence-electron chi connectivity index (χ3n) is 4.67. The van der Waals surface area contributed by atoms with E-state index in [9.17, 15) is 0 Å². The molecule has 0 fully saturated rings. The number of fused-ring (bicyclic) bond motifs is 3. The van der Waals surface area contributed by atoms with E-state index in [0.717, 1.165) is 23.7 Å². The van der Waals surface area contributed by atoms with E-state index in [2.05, 4.69) is 64.6 Å². The number of aromatic nitrogens is 1. The molecule has 1 aromatic heterocycles. The largest absolute Gasteiger partial charge is 0.497 e. The van der Waals surface area contributed by atoms with Gasteiger partial charge in [0.15, 0.2) is 5.11 Å². The van der Waals surface area contributed by atoms with Gasteiger partial charge in [0, 0.05) is 45.8 Å². The van der Waals surface area contributed by atoms with Crippen LogP contribution in [0.25, 0.3) is 21.8 Å². The zero-order valence-electron chi connectivity index (χ0n) is 15.3. The molecule has 0 unspecified atom stereocenters. The predicted octanol–water partition coefficient (Wildman–Crippen LogP) is 5.63. The highest BCUT2D eigenvalue weighted by Gasteiger charge is 2.10. The van der Waals surface area contributed by atoms with Crippen molar-refractivity contribution in [1.29, 1.82) is 0 Å². The summed E-state index contributed by atoms with van der Waals surface area (Å²) in [6.45, 7) is 3.11. The van der Waals surface area contributed by atoms with E-state index in [4.69, 9.17) is 17.0 Å². The van der Waals surface area contributed by atoms with Gasteiger partial charge in [-0.2, -0.15) is 0 Å². The first-order valence-corrected chi connectivity index (χ1v) is 9.33. The van der Waals surface area contributed by atoms with Crippen molar-refractivity contribution in [2.75, 3.05) is 17.7 Å². The summed E-state index contributed by atoms with van der Waals surface area (Å²) in [5, 5.41) is 9.51. The van der Waals surface area contributed by atoms with Crippen molar-refractivity contribution in [2.45, 2.75) is 13.5 Å². The highest BCUT2D eigenvalue weighted by molar-refractivity contribution is 7.80. The number of nitrogens with one attached hydrogen (secondary N) is 2.